The Bertz CT molecular complexity index is 188. The Balaban J connectivity index is 3.91. The fourth-order valence-corrected chi connectivity index (χ4v) is 2.32. The number of hydrogen-bond acceptors (Lipinski definition) is 2. The third kappa shape index (κ3) is 11.4. The molecule has 0 spiro atoms. The zero-order valence-corrected chi connectivity index (χ0v) is 14.4. The van der Waals surface area contributed by atoms with E-state index in [-0.39, 0.29) is 5.54 Å². The van der Waals surface area contributed by atoms with Crippen LogP contribution in [0.1, 0.15) is 80.1 Å². The van der Waals surface area contributed by atoms with Crippen LogP contribution in [0.4, 0.5) is 0 Å². The smallest absolute Gasteiger partial charge is 0.00965 e. The van der Waals surface area contributed by atoms with Gasteiger partial charge >= 0.3 is 0 Å². The fourth-order valence-electron chi connectivity index (χ4n) is 2.32. The predicted octanol–water partition coefficient (Wildman–Crippen LogP) is 4.45. The molecule has 0 saturated carbocycles. The van der Waals surface area contributed by atoms with Crippen molar-refractivity contribution in [2.75, 3.05) is 19.6 Å². The summed E-state index contributed by atoms with van der Waals surface area (Å²) in [5, 5.41) is 3.58. The van der Waals surface area contributed by atoms with E-state index < -0.39 is 0 Å². The van der Waals surface area contributed by atoms with Crippen LogP contribution >= 0.6 is 0 Å². The lowest BCUT2D eigenvalue weighted by Crippen LogP contribution is -2.38. The lowest BCUT2D eigenvalue weighted by atomic mass is 10.1. The summed E-state index contributed by atoms with van der Waals surface area (Å²) in [6.45, 7) is 17.4. The molecule has 0 rings (SSSR count). The first-order chi connectivity index (χ1) is 8.90. The Morgan fingerprint density at radius 1 is 0.947 bits per heavy atom. The van der Waals surface area contributed by atoms with Crippen LogP contribution in [-0.2, 0) is 0 Å². The summed E-state index contributed by atoms with van der Waals surface area (Å²) in [7, 11) is 0. The van der Waals surface area contributed by atoms with Gasteiger partial charge in [0.1, 0.15) is 0 Å². The van der Waals surface area contributed by atoms with Crippen LogP contribution in [0.15, 0.2) is 0 Å². The molecular weight excluding hydrogens is 232 g/mol. The summed E-state index contributed by atoms with van der Waals surface area (Å²) in [4.78, 5) is 2.70. The van der Waals surface area contributed by atoms with Gasteiger partial charge in [0, 0.05) is 11.6 Å². The van der Waals surface area contributed by atoms with Gasteiger partial charge < -0.3 is 10.2 Å². The SMILES string of the molecule is CCCCN(CCCC)C(C)CCCNC(C)(C)C. The molecule has 0 radical (unpaired) electrons. The van der Waals surface area contributed by atoms with Gasteiger partial charge in [-0.3, -0.25) is 0 Å². The molecule has 0 aliphatic rings. The van der Waals surface area contributed by atoms with E-state index in [9.17, 15) is 0 Å². The number of unbranched alkanes of at least 4 members (excludes halogenated alkanes) is 2. The summed E-state index contributed by atoms with van der Waals surface area (Å²) >= 11 is 0. The van der Waals surface area contributed by atoms with Crippen molar-refractivity contribution in [1.29, 1.82) is 0 Å². The molecule has 0 aliphatic carbocycles. The highest BCUT2D eigenvalue weighted by atomic mass is 15.1. The van der Waals surface area contributed by atoms with Gasteiger partial charge in [0.2, 0.25) is 0 Å². The summed E-state index contributed by atoms with van der Waals surface area (Å²) in [5.74, 6) is 0. The maximum Gasteiger partial charge on any atom is 0.00965 e. The summed E-state index contributed by atoms with van der Waals surface area (Å²) in [6.07, 6.45) is 7.90. The highest BCUT2D eigenvalue weighted by Crippen LogP contribution is 2.10. The summed E-state index contributed by atoms with van der Waals surface area (Å²) in [6, 6.07) is 0.736. The number of rotatable bonds is 11. The molecule has 19 heavy (non-hydrogen) atoms. The highest BCUT2D eigenvalue weighted by molar-refractivity contribution is 4.72. The zero-order chi connectivity index (χ0) is 14.7. The monoisotopic (exact) mass is 270 g/mol. The molecule has 0 aromatic rings. The molecule has 0 saturated heterocycles. The molecule has 1 N–H and O–H groups in total. The van der Waals surface area contributed by atoms with E-state index in [1.54, 1.807) is 0 Å². The number of hydrogen-bond donors (Lipinski definition) is 1. The Kier molecular flexibility index (Phi) is 10.6. The standard InChI is InChI=1S/C17H38N2/c1-7-9-14-19(15-10-8-2)16(3)12-11-13-18-17(4,5)6/h16,18H,7-15H2,1-6H3. The van der Waals surface area contributed by atoms with Gasteiger partial charge in [-0.05, 0) is 73.0 Å². The molecule has 2 nitrogen and oxygen atoms in total. The van der Waals surface area contributed by atoms with Gasteiger partial charge in [-0.2, -0.15) is 0 Å². The van der Waals surface area contributed by atoms with Gasteiger partial charge in [0.25, 0.3) is 0 Å². The normalized spacial score (nSPS) is 14.1. The Morgan fingerprint density at radius 2 is 1.47 bits per heavy atom. The largest absolute Gasteiger partial charge is 0.312 e. The van der Waals surface area contributed by atoms with Gasteiger partial charge in [0.15, 0.2) is 0 Å². The molecule has 0 heterocycles. The van der Waals surface area contributed by atoms with Gasteiger partial charge in [0.05, 0.1) is 0 Å². The molecule has 0 aromatic heterocycles. The first kappa shape index (κ1) is 18.9. The third-order valence-corrected chi connectivity index (χ3v) is 3.68. The van der Waals surface area contributed by atoms with Crippen molar-refractivity contribution in [2.45, 2.75) is 91.6 Å². The minimum Gasteiger partial charge on any atom is -0.312 e. The first-order valence-electron chi connectivity index (χ1n) is 8.39. The van der Waals surface area contributed by atoms with Crippen molar-refractivity contribution in [3.05, 3.63) is 0 Å². The maximum atomic E-state index is 3.58. The molecule has 0 aliphatic heterocycles. The minimum atomic E-state index is 0.257. The second kappa shape index (κ2) is 10.7. The molecule has 0 amide bonds. The highest BCUT2D eigenvalue weighted by Gasteiger charge is 2.13. The van der Waals surface area contributed by atoms with E-state index in [4.69, 9.17) is 0 Å². The van der Waals surface area contributed by atoms with Crippen LogP contribution in [0.2, 0.25) is 0 Å². The second-order valence-electron chi connectivity index (χ2n) is 6.91. The Hall–Kier alpha value is -0.0800. The first-order valence-corrected chi connectivity index (χ1v) is 8.39. The quantitative estimate of drug-likeness (QED) is 0.558. The minimum absolute atomic E-state index is 0.257. The number of nitrogens with zero attached hydrogens (tertiary/aromatic N) is 1. The second-order valence-corrected chi connectivity index (χ2v) is 6.91. The van der Waals surface area contributed by atoms with E-state index in [0.29, 0.717) is 0 Å². The fraction of sp³-hybridized carbons (Fsp3) is 1.00. The van der Waals surface area contributed by atoms with Gasteiger partial charge in [-0.25, -0.2) is 0 Å². The van der Waals surface area contributed by atoms with Crippen LogP contribution in [0.5, 0.6) is 0 Å². The van der Waals surface area contributed by atoms with E-state index in [1.165, 1.54) is 51.6 Å². The lowest BCUT2D eigenvalue weighted by molar-refractivity contribution is 0.190. The van der Waals surface area contributed by atoms with Crippen molar-refractivity contribution in [2.24, 2.45) is 0 Å². The average molecular weight is 271 g/mol. The van der Waals surface area contributed by atoms with Crippen molar-refractivity contribution in [1.82, 2.24) is 10.2 Å². The molecule has 0 aromatic carbocycles. The van der Waals surface area contributed by atoms with Crippen LogP contribution in [-0.4, -0.2) is 36.1 Å². The summed E-state index contributed by atoms with van der Waals surface area (Å²) in [5.41, 5.74) is 0.257. The Labute approximate surface area is 122 Å². The van der Waals surface area contributed by atoms with Crippen molar-refractivity contribution in [3.63, 3.8) is 0 Å². The van der Waals surface area contributed by atoms with E-state index in [2.05, 4.69) is 51.8 Å². The molecule has 116 valence electrons. The van der Waals surface area contributed by atoms with Crippen LogP contribution in [0.3, 0.4) is 0 Å². The molecule has 1 atom stereocenters. The molecule has 2 heteroatoms. The van der Waals surface area contributed by atoms with Crippen molar-refractivity contribution < 1.29 is 0 Å². The van der Waals surface area contributed by atoms with E-state index >= 15 is 0 Å². The van der Waals surface area contributed by atoms with E-state index in [0.717, 1.165) is 12.6 Å². The lowest BCUT2D eigenvalue weighted by Gasteiger charge is -2.29. The van der Waals surface area contributed by atoms with Crippen molar-refractivity contribution >= 4 is 0 Å². The Morgan fingerprint density at radius 3 is 1.89 bits per heavy atom. The zero-order valence-electron chi connectivity index (χ0n) is 14.4. The average Bonchev–Trinajstić information content (AvgIpc) is 2.33. The molecular formula is C17H38N2. The van der Waals surface area contributed by atoms with Crippen molar-refractivity contribution in [3.8, 4) is 0 Å². The molecule has 0 fully saturated rings. The third-order valence-electron chi connectivity index (χ3n) is 3.68. The molecule has 0 bridgehead atoms. The van der Waals surface area contributed by atoms with Gasteiger partial charge in [-0.15, -0.1) is 0 Å². The van der Waals surface area contributed by atoms with Crippen LogP contribution in [0, 0.1) is 0 Å². The molecule has 1 unspecified atom stereocenters. The maximum absolute atomic E-state index is 3.58. The number of nitrogens with one attached hydrogen (secondary N) is 1. The van der Waals surface area contributed by atoms with E-state index in [1.807, 2.05) is 0 Å². The predicted molar refractivity (Wildman–Crippen MR) is 87.8 cm³/mol. The summed E-state index contributed by atoms with van der Waals surface area (Å²) < 4.78 is 0. The van der Waals surface area contributed by atoms with Crippen LogP contribution in [0.25, 0.3) is 0 Å². The van der Waals surface area contributed by atoms with Crippen LogP contribution < -0.4 is 5.32 Å². The topological polar surface area (TPSA) is 15.3 Å². The van der Waals surface area contributed by atoms with Gasteiger partial charge in [-0.1, -0.05) is 26.7 Å².